The molecule has 1 aliphatic rings. The van der Waals surface area contributed by atoms with Gasteiger partial charge in [-0.05, 0) is 29.7 Å². The van der Waals surface area contributed by atoms with Crippen molar-refractivity contribution in [2.24, 2.45) is 0 Å². The first-order valence-corrected chi connectivity index (χ1v) is 8.69. The molecule has 0 saturated carbocycles. The number of nitrogens with zero attached hydrogens (tertiary/aromatic N) is 1. The minimum atomic E-state index is -4.18. The summed E-state index contributed by atoms with van der Waals surface area (Å²) in [7, 11) is -4.18. The normalized spacial score (nSPS) is 12.8. The zero-order valence-corrected chi connectivity index (χ0v) is 15.8. The van der Waals surface area contributed by atoms with Gasteiger partial charge in [-0.15, -0.1) is 0 Å². The number of fused-ring (bicyclic) bond motifs is 2. The first-order chi connectivity index (χ1) is 10.5. The smallest absolute Gasteiger partial charge is 0.748 e. The predicted molar refractivity (Wildman–Crippen MR) is 88.0 cm³/mol. The summed E-state index contributed by atoms with van der Waals surface area (Å²) in [5, 5.41) is 0. The summed E-state index contributed by atoms with van der Waals surface area (Å²) in [6, 6.07) is 15.9. The molecular weight excluding hydrogens is 321 g/mol. The summed E-state index contributed by atoms with van der Waals surface area (Å²) in [6.45, 7) is 0.483. The third-order valence-electron chi connectivity index (χ3n) is 3.67. The first-order valence-electron chi connectivity index (χ1n) is 7.12. The minimum absolute atomic E-state index is 0. The van der Waals surface area contributed by atoms with E-state index in [9.17, 15) is 13.0 Å². The van der Waals surface area contributed by atoms with E-state index in [1.54, 1.807) is 0 Å². The van der Waals surface area contributed by atoms with Gasteiger partial charge in [-0.25, -0.2) is 8.42 Å². The standard InChI is InChI=1S/C17H17NO3S.Na/c19-22(20,21)13-5-12-18-16-8-3-1-6-14(16)10-11-15-7-2-4-9-17(15)18;/h1-4,6-11H,5,12-13H2,(H,19,20,21);/q;+1/p-1. The molecule has 114 valence electrons. The Balaban J connectivity index is 0.00000192. The van der Waals surface area contributed by atoms with Gasteiger partial charge in [-0.3, -0.25) is 0 Å². The second-order valence-corrected chi connectivity index (χ2v) is 6.74. The van der Waals surface area contributed by atoms with Crippen molar-refractivity contribution in [3.63, 3.8) is 0 Å². The van der Waals surface area contributed by atoms with Gasteiger partial charge in [-0.2, -0.15) is 0 Å². The van der Waals surface area contributed by atoms with Crippen LogP contribution in [0.15, 0.2) is 48.5 Å². The predicted octanol–water partition coefficient (Wildman–Crippen LogP) is 0.248. The fourth-order valence-corrected chi connectivity index (χ4v) is 3.18. The van der Waals surface area contributed by atoms with Crippen molar-refractivity contribution < 1.29 is 42.5 Å². The summed E-state index contributed by atoms with van der Waals surface area (Å²) >= 11 is 0. The largest absolute Gasteiger partial charge is 1.00 e. The molecule has 4 nitrogen and oxygen atoms in total. The van der Waals surface area contributed by atoms with Crippen LogP contribution in [0.2, 0.25) is 0 Å². The Bertz CT molecular complexity index is 769. The molecule has 0 unspecified atom stereocenters. The SMILES string of the molecule is O=S(=O)([O-])CCCN1c2ccccc2C=Cc2ccccc21.[Na+]. The summed E-state index contributed by atoms with van der Waals surface area (Å²) < 4.78 is 32.5. The summed E-state index contributed by atoms with van der Waals surface area (Å²) in [5.74, 6) is -0.346. The Labute approximate surface area is 158 Å². The maximum atomic E-state index is 10.8. The molecule has 0 aromatic heterocycles. The molecule has 0 spiro atoms. The van der Waals surface area contributed by atoms with Crippen molar-refractivity contribution in [1.82, 2.24) is 0 Å². The van der Waals surface area contributed by atoms with Gasteiger partial charge in [0, 0.05) is 23.7 Å². The third-order valence-corrected chi connectivity index (χ3v) is 4.46. The summed E-state index contributed by atoms with van der Waals surface area (Å²) in [5.41, 5.74) is 4.19. The van der Waals surface area contributed by atoms with Gasteiger partial charge >= 0.3 is 29.6 Å². The van der Waals surface area contributed by atoms with Crippen LogP contribution in [0.25, 0.3) is 12.2 Å². The van der Waals surface area contributed by atoms with Crippen LogP contribution in [-0.4, -0.2) is 25.3 Å². The van der Waals surface area contributed by atoms with Crippen molar-refractivity contribution in [2.45, 2.75) is 6.42 Å². The topological polar surface area (TPSA) is 60.4 Å². The van der Waals surface area contributed by atoms with Gasteiger partial charge in [-0.1, -0.05) is 48.6 Å². The molecule has 0 amide bonds. The second kappa shape index (κ2) is 7.64. The Hall–Kier alpha value is -1.11. The Morgan fingerprint density at radius 1 is 0.870 bits per heavy atom. The van der Waals surface area contributed by atoms with E-state index in [-0.39, 0.29) is 35.3 Å². The molecule has 1 aliphatic heterocycles. The molecule has 23 heavy (non-hydrogen) atoms. The zero-order chi connectivity index (χ0) is 15.6. The molecule has 0 radical (unpaired) electrons. The number of anilines is 2. The van der Waals surface area contributed by atoms with Crippen LogP contribution in [0.4, 0.5) is 11.4 Å². The van der Waals surface area contributed by atoms with Crippen LogP contribution in [0, 0.1) is 0 Å². The number of rotatable bonds is 4. The average Bonchev–Trinajstić information content (AvgIpc) is 2.64. The summed E-state index contributed by atoms with van der Waals surface area (Å²) in [4.78, 5) is 2.08. The zero-order valence-electron chi connectivity index (χ0n) is 13.0. The second-order valence-electron chi connectivity index (χ2n) is 5.22. The van der Waals surface area contributed by atoms with E-state index >= 15 is 0 Å². The molecule has 1 heterocycles. The number of hydrogen-bond acceptors (Lipinski definition) is 4. The molecule has 6 heteroatoms. The molecule has 0 saturated heterocycles. The van der Waals surface area contributed by atoms with Gasteiger partial charge < -0.3 is 9.45 Å². The van der Waals surface area contributed by atoms with Gasteiger partial charge in [0.1, 0.15) is 0 Å². The van der Waals surface area contributed by atoms with Crippen molar-refractivity contribution in [3.8, 4) is 0 Å². The van der Waals surface area contributed by atoms with Gasteiger partial charge in [0.05, 0.1) is 10.1 Å². The number of para-hydroxylation sites is 2. The van der Waals surface area contributed by atoms with Crippen LogP contribution in [0.1, 0.15) is 17.5 Å². The molecule has 3 rings (SSSR count). The van der Waals surface area contributed by atoms with Crippen LogP contribution in [0.5, 0.6) is 0 Å². The fraction of sp³-hybridized carbons (Fsp3) is 0.176. The summed E-state index contributed by atoms with van der Waals surface area (Å²) in [6.07, 6.45) is 4.41. The van der Waals surface area contributed by atoms with Crippen molar-refractivity contribution in [1.29, 1.82) is 0 Å². The Morgan fingerprint density at radius 3 is 1.83 bits per heavy atom. The minimum Gasteiger partial charge on any atom is -0.748 e. The average molecular weight is 337 g/mol. The van der Waals surface area contributed by atoms with E-state index in [0.29, 0.717) is 13.0 Å². The number of benzene rings is 2. The van der Waals surface area contributed by atoms with Crippen molar-refractivity contribution >= 4 is 33.6 Å². The van der Waals surface area contributed by atoms with E-state index in [1.165, 1.54) is 0 Å². The fourth-order valence-electron chi connectivity index (χ4n) is 2.70. The van der Waals surface area contributed by atoms with E-state index in [2.05, 4.69) is 17.1 Å². The molecule has 0 N–H and O–H groups in total. The van der Waals surface area contributed by atoms with E-state index in [0.717, 1.165) is 22.5 Å². The molecule has 0 aliphatic carbocycles. The van der Waals surface area contributed by atoms with Gasteiger partial charge in [0.25, 0.3) is 0 Å². The Morgan fingerprint density at radius 2 is 1.35 bits per heavy atom. The third kappa shape index (κ3) is 4.46. The van der Waals surface area contributed by atoms with Crippen LogP contribution >= 0.6 is 0 Å². The molecule has 0 bridgehead atoms. The molecule has 2 aromatic carbocycles. The van der Waals surface area contributed by atoms with E-state index in [4.69, 9.17) is 0 Å². The van der Waals surface area contributed by atoms with Crippen LogP contribution in [0.3, 0.4) is 0 Å². The van der Waals surface area contributed by atoms with Crippen molar-refractivity contribution in [2.75, 3.05) is 17.2 Å². The van der Waals surface area contributed by atoms with Crippen molar-refractivity contribution in [3.05, 3.63) is 59.7 Å². The molecule has 0 fully saturated rings. The monoisotopic (exact) mass is 337 g/mol. The molecule has 0 atom stereocenters. The number of hydrogen-bond donors (Lipinski definition) is 0. The van der Waals surface area contributed by atoms with E-state index in [1.807, 2.05) is 48.5 Å². The maximum Gasteiger partial charge on any atom is 1.00 e. The maximum absolute atomic E-state index is 10.8. The quantitative estimate of drug-likeness (QED) is 0.593. The molecular formula is C17H16NNaO3S. The van der Waals surface area contributed by atoms with Crippen LogP contribution in [-0.2, 0) is 10.1 Å². The van der Waals surface area contributed by atoms with Gasteiger partial charge in [0.15, 0.2) is 0 Å². The molecule has 2 aromatic rings. The van der Waals surface area contributed by atoms with Gasteiger partial charge in [0.2, 0.25) is 0 Å². The Kier molecular flexibility index (Phi) is 6.06. The van der Waals surface area contributed by atoms with Crippen LogP contribution < -0.4 is 34.5 Å². The first kappa shape index (κ1) is 18.2. The van der Waals surface area contributed by atoms with E-state index < -0.39 is 10.1 Å².